The lowest BCUT2D eigenvalue weighted by atomic mass is 10.3. The fourth-order valence-electron chi connectivity index (χ4n) is 1.74. The molecule has 5 nitrogen and oxygen atoms in total. The summed E-state index contributed by atoms with van der Waals surface area (Å²) in [5.41, 5.74) is 0.503. The summed E-state index contributed by atoms with van der Waals surface area (Å²) >= 11 is 0.957. The van der Waals surface area contributed by atoms with E-state index in [0.717, 1.165) is 23.7 Å². The maximum Gasteiger partial charge on any atom is 0.573 e. The topological polar surface area (TPSA) is 72.2 Å². The van der Waals surface area contributed by atoms with Crippen molar-refractivity contribution in [3.8, 4) is 5.75 Å². The maximum atomic E-state index is 12.2. The van der Waals surface area contributed by atoms with E-state index in [-0.39, 0.29) is 35.3 Å². The van der Waals surface area contributed by atoms with Crippen molar-refractivity contribution in [1.82, 2.24) is 4.57 Å². The molecule has 11 heteroatoms. The van der Waals surface area contributed by atoms with Crippen molar-refractivity contribution in [2.24, 2.45) is 0 Å². The molecule has 0 aliphatic carbocycles. The Labute approximate surface area is 134 Å². The third kappa shape index (κ3) is 4.89. The number of alkyl halides is 3. The number of halogens is 4. The van der Waals surface area contributed by atoms with E-state index in [1.54, 1.807) is 0 Å². The van der Waals surface area contributed by atoms with Crippen molar-refractivity contribution in [3.05, 3.63) is 23.0 Å². The van der Waals surface area contributed by atoms with Crippen molar-refractivity contribution >= 4 is 43.8 Å². The standard InChI is InChI=1S/C11H11F3N2O3S2.ClH/c1-21(17,18)5-4-16-8-3-2-7(19-11(12,13)14)6-9(8)20-10(16)15;/h2-3,6,15H,4-5H2,1H3;1H. The molecule has 1 heterocycles. The molecule has 1 aromatic carbocycles. The Bertz CT molecular complexity index is 827. The van der Waals surface area contributed by atoms with Crippen molar-refractivity contribution in [3.63, 3.8) is 0 Å². The van der Waals surface area contributed by atoms with Crippen LogP contribution in [0.15, 0.2) is 18.2 Å². The van der Waals surface area contributed by atoms with Crippen molar-refractivity contribution in [1.29, 1.82) is 5.41 Å². The second-order valence-corrected chi connectivity index (χ2v) is 7.66. The molecular formula is C11H12ClF3N2O3S2. The van der Waals surface area contributed by atoms with Crippen LogP contribution < -0.4 is 9.54 Å². The highest BCUT2D eigenvalue weighted by molar-refractivity contribution is 7.90. The summed E-state index contributed by atoms with van der Waals surface area (Å²) < 4.78 is 64.5. The lowest BCUT2D eigenvalue weighted by molar-refractivity contribution is -0.274. The third-order valence-electron chi connectivity index (χ3n) is 2.59. The predicted octanol–water partition coefficient (Wildman–Crippen LogP) is 2.55. The molecule has 0 aliphatic heterocycles. The average molecular weight is 377 g/mol. The molecular weight excluding hydrogens is 365 g/mol. The molecule has 2 rings (SSSR count). The van der Waals surface area contributed by atoms with E-state index in [1.807, 2.05) is 0 Å². The minimum Gasteiger partial charge on any atom is -0.406 e. The molecule has 0 atom stereocenters. The Hall–Kier alpha value is -1.26. The van der Waals surface area contributed by atoms with Crippen LogP contribution in [0.3, 0.4) is 0 Å². The van der Waals surface area contributed by atoms with Gasteiger partial charge in [0.25, 0.3) is 0 Å². The quantitative estimate of drug-likeness (QED) is 0.891. The summed E-state index contributed by atoms with van der Waals surface area (Å²) in [5.74, 6) is -0.512. The van der Waals surface area contributed by atoms with Crippen LogP contribution in [0.25, 0.3) is 10.2 Å². The number of nitrogens with one attached hydrogen (secondary N) is 1. The molecule has 0 radical (unpaired) electrons. The van der Waals surface area contributed by atoms with Gasteiger partial charge in [-0.3, -0.25) is 5.41 Å². The van der Waals surface area contributed by atoms with E-state index >= 15 is 0 Å². The summed E-state index contributed by atoms with van der Waals surface area (Å²) in [7, 11) is -3.19. The van der Waals surface area contributed by atoms with E-state index in [9.17, 15) is 21.6 Å². The second-order valence-electron chi connectivity index (χ2n) is 4.37. The van der Waals surface area contributed by atoms with Crippen molar-refractivity contribution < 1.29 is 26.3 Å². The molecule has 2 aromatic rings. The first-order valence-corrected chi connectivity index (χ1v) is 8.54. The maximum absolute atomic E-state index is 12.2. The SMILES string of the molecule is CS(=O)(=O)CCn1c(=N)sc2cc(OC(F)(F)F)ccc21.Cl. The predicted molar refractivity (Wildman–Crippen MR) is 79.3 cm³/mol. The van der Waals surface area contributed by atoms with Crippen LogP contribution in [-0.2, 0) is 16.4 Å². The Kier molecular flexibility index (Phi) is 5.52. The molecule has 1 aromatic heterocycles. The molecule has 124 valence electrons. The van der Waals surface area contributed by atoms with E-state index < -0.39 is 16.2 Å². The van der Waals surface area contributed by atoms with E-state index in [1.165, 1.54) is 16.7 Å². The minimum atomic E-state index is -4.78. The fourth-order valence-corrected chi connectivity index (χ4v) is 3.22. The van der Waals surface area contributed by atoms with Crippen molar-refractivity contribution in [2.45, 2.75) is 12.9 Å². The number of ether oxygens (including phenoxy) is 1. The number of benzene rings is 1. The number of aromatic nitrogens is 1. The number of hydrogen-bond acceptors (Lipinski definition) is 5. The molecule has 0 amide bonds. The number of hydrogen-bond donors (Lipinski definition) is 1. The molecule has 0 fully saturated rings. The number of sulfone groups is 1. The Morgan fingerprint density at radius 1 is 1.36 bits per heavy atom. The highest BCUT2D eigenvalue weighted by Gasteiger charge is 2.31. The van der Waals surface area contributed by atoms with Gasteiger partial charge < -0.3 is 9.30 Å². The van der Waals surface area contributed by atoms with Gasteiger partial charge in [-0.05, 0) is 18.2 Å². The van der Waals surface area contributed by atoms with Crippen molar-refractivity contribution in [2.75, 3.05) is 12.0 Å². The lowest BCUT2D eigenvalue weighted by Gasteiger charge is -2.09. The van der Waals surface area contributed by atoms with Gasteiger partial charge in [-0.1, -0.05) is 11.3 Å². The zero-order chi connectivity index (χ0) is 15.8. The van der Waals surface area contributed by atoms with Crippen LogP contribution in [-0.4, -0.2) is 31.4 Å². The smallest absolute Gasteiger partial charge is 0.406 e. The molecule has 0 saturated carbocycles. The molecule has 0 aliphatic rings. The van der Waals surface area contributed by atoms with Gasteiger partial charge in [0.2, 0.25) is 0 Å². The van der Waals surface area contributed by atoms with Crippen LogP contribution >= 0.6 is 23.7 Å². The van der Waals surface area contributed by atoms with Gasteiger partial charge in [-0.25, -0.2) is 8.42 Å². The normalized spacial score (nSPS) is 12.2. The lowest BCUT2D eigenvalue weighted by Crippen LogP contribution is -2.19. The average Bonchev–Trinajstić information content (AvgIpc) is 2.58. The van der Waals surface area contributed by atoms with Crippen LogP contribution in [0.1, 0.15) is 0 Å². The van der Waals surface area contributed by atoms with Crippen LogP contribution in [0.2, 0.25) is 0 Å². The number of thiazole rings is 1. The van der Waals surface area contributed by atoms with Gasteiger partial charge in [0.15, 0.2) is 4.80 Å². The summed E-state index contributed by atoms with van der Waals surface area (Å²) in [6.07, 6.45) is -3.69. The zero-order valence-corrected chi connectivity index (χ0v) is 13.6. The summed E-state index contributed by atoms with van der Waals surface area (Å²) in [4.78, 5) is 0.0674. The Morgan fingerprint density at radius 2 is 2.00 bits per heavy atom. The first kappa shape index (κ1) is 18.8. The number of nitrogens with zero attached hydrogens (tertiary/aromatic N) is 1. The van der Waals surface area contributed by atoms with Crippen LogP contribution in [0, 0.1) is 5.41 Å². The minimum absolute atomic E-state index is 0. The van der Waals surface area contributed by atoms with Crippen LogP contribution in [0.5, 0.6) is 5.75 Å². The Morgan fingerprint density at radius 3 is 2.55 bits per heavy atom. The largest absolute Gasteiger partial charge is 0.573 e. The number of aryl methyl sites for hydroxylation is 1. The highest BCUT2D eigenvalue weighted by atomic mass is 35.5. The van der Waals surface area contributed by atoms with E-state index in [0.29, 0.717) is 10.2 Å². The molecule has 22 heavy (non-hydrogen) atoms. The zero-order valence-electron chi connectivity index (χ0n) is 11.2. The molecule has 0 unspecified atom stereocenters. The van der Waals surface area contributed by atoms with Gasteiger partial charge in [-0.15, -0.1) is 25.6 Å². The van der Waals surface area contributed by atoms with Gasteiger partial charge in [0.05, 0.1) is 16.0 Å². The van der Waals surface area contributed by atoms with Gasteiger partial charge in [0.1, 0.15) is 15.6 Å². The van der Waals surface area contributed by atoms with Gasteiger partial charge in [-0.2, -0.15) is 0 Å². The molecule has 0 spiro atoms. The van der Waals surface area contributed by atoms with E-state index in [2.05, 4.69) is 4.74 Å². The number of rotatable bonds is 4. The first-order valence-electron chi connectivity index (χ1n) is 5.67. The fraction of sp³-hybridized carbons (Fsp3) is 0.364. The van der Waals surface area contributed by atoms with Crippen LogP contribution in [0.4, 0.5) is 13.2 Å². The van der Waals surface area contributed by atoms with Gasteiger partial charge >= 0.3 is 6.36 Å². The monoisotopic (exact) mass is 376 g/mol. The first-order chi connectivity index (χ1) is 9.55. The highest BCUT2D eigenvalue weighted by Crippen LogP contribution is 2.27. The molecule has 0 saturated heterocycles. The number of fused-ring (bicyclic) bond motifs is 1. The summed E-state index contributed by atoms with van der Waals surface area (Å²) in [6.45, 7) is 0.0805. The molecule has 1 N–H and O–H groups in total. The van der Waals surface area contributed by atoms with Gasteiger partial charge in [0, 0.05) is 12.8 Å². The third-order valence-corrected chi connectivity index (χ3v) is 4.48. The summed E-state index contributed by atoms with van der Waals surface area (Å²) in [6, 6.07) is 3.70. The molecule has 0 bridgehead atoms. The second kappa shape index (κ2) is 6.47. The summed E-state index contributed by atoms with van der Waals surface area (Å²) in [5, 5.41) is 7.78. The Balaban J connectivity index is 0.00000242. The van der Waals surface area contributed by atoms with E-state index in [4.69, 9.17) is 5.41 Å².